The Kier molecular flexibility index (Phi) is 9.23. The van der Waals surface area contributed by atoms with Gasteiger partial charge in [0.2, 0.25) is 6.40 Å². The monoisotopic (exact) mass is 272 g/mol. The van der Waals surface area contributed by atoms with Crippen molar-refractivity contribution in [2.75, 3.05) is 6.61 Å². The highest BCUT2D eigenvalue weighted by atomic mass is 32.1. The molecule has 1 aromatic heterocycles. The molecule has 0 saturated heterocycles. The fourth-order valence-corrected chi connectivity index (χ4v) is 0.804. The van der Waals surface area contributed by atoms with E-state index in [1.807, 2.05) is 13.8 Å². The van der Waals surface area contributed by atoms with Gasteiger partial charge in [-0.05, 0) is 13.8 Å². The molecule has 0 radical (unpaired) electrons. The van der Waals surface area contributed by atoms with Crippen molar-refractivity contribution in [2.24, 2.45) is 10.9 Å². The lowest BCUT2D eigenvalue weighted by Crippen LogP contribution is -2.22. The van der Waals surface area contributed by atoms with Gasteiger partial charge in [0.25, 0.3) is 0 Å². The minimum absolute atomic E-state index is 0.0821. The number of nitrogens with two attached hydrogens (primary N) is 1. The van der Waals surface area contributed by atoms with E-state index in [1.54, 1.807) is 0 Å². The van der Waals surface area contributed by atoms with Crippen molar-refractivity contribution in [3.8, 4) is 0 Å². The number of ether oxygens (including phenoxy) is 1. The van der Waals surface area contributed by atoms with Gasteiger partial charge in [0.1, 0.15) is 19.3 Å². The lowest BCUT2D eigenvalue weighted by Gasteiger charge is -2.08. The second-order valence-corrected chi connectivity index (χ2v) is 3.34. The maximum atomic E-state index is 6.70. The van der Waals surface area contributed by atoms with Gasteiger partial charge in [-0.2, -0.15) is 5.10 Å². The van der Waals surface area contributed by atoms with Gasteiger partial charge in [-0.1, -0.05) is 17.4 Å². The van der Waals surface area contributed by atoms with Crippen LogP contribution in [0.25, 0.3) is 0 Å². The molecule has 1 heterocycles. The molecule has 0 aliphatic rings. The number of nitrogens with zero attached hydrogens (tertiary/aromatic N) is 4. The predicted octanol–water partition coefficient (Wildman–Crippen LogP) is 0.391. The first-order chi connectivity index (χ1) is 8.65. The minimum atomic E-state index is 0.0821. The maximum absolute atomic E-state index is 6.70. The highest BCUT2D eigenvalue weighted by Crippen LogP contribution is 1.92. The molecule has 0 fully saturated rings. The molecule has 0 bridgehead atoms. The second-order valence-electron chi connectivity index (χ2n) is 3.07. The van der Waals surface area contributed by atoms with Crippen molar-refractivity contribution in [1.82, 2.24) is 14.8 Å². The predicted molar refractivity (Wildman–Crippen MR) is 71.7 cm³/mol. The number of oxime groups is 1. The number of hydrogen-bond donors (Lipinski definition) is 2. The van der Waals surface area contributed by atoms with Crippen molar-refractivity contribution in [2.45, 2.75) is 20.0 Å². The summed E-state index contributed by atoms with van der Waals surface area (Å²) in [6.45, 7) is 4.07. The Labute approximate surface area is 110 Å². The molecule has 0 aromatic carbocycles. The Morgan fingerprint density at radius 3 is 2.78 bits per heavy atom. The van der Waals surface area contributed by atoms with Crippen LogP contribution >= 0.6 is 12.2 Å². The number of rotatable bonds is 5. The summed E-state index contributed by atoms with van der Waals surface area (Å²) in [6, 6.07) is 0. The molecule has 9 heteroatoms. The van der Waals surface area contributed by atoms with E-state index in [0.29, 0.717) is 5.84 Å². The molecule has 0 amide bonds. The summed E-state index contributed by atoms with van der Waals surface area (Å²) in [5.74, 6) is 0.435. The average Bonchev–Trinajstić information content (AvgIpc) is 2.83. The van der Waals surface area contributed by atoms with Crippen LogP contribution in [0.15, 0.2) is 17.8 Å². The van der Waals surface area contributed by atoms with Gasteiger partial charge < -0.3 is 15.3 Å². The van der Waals surface area contributed by atoms with Gasteiger partial charge in [0, 0.05) is 0 Å². The van der Waals surface area contributed by atoms with Crippen LogP contribution in [0, 0.1) is 5.41 Å². The Hall–Kier alpha value is -1.87. The molecule has 1 aromatic rings. The van der Waals surface area contributed by atoms with Crippen LogP contribution in [0.2, 0.25) is 0 Å². The zero-order valence-electron chi connectivity index (χ0n) is 10.2. The summed E-state index contributed by atoms with van der Waals surface area (Å²) in [5, 5.41) is 14.3. The van der Waals surface area contributed by atoms with Crippen molar-refractivity contribution < 1.29 is 9.57 Å². The molecule has 3 N–H and O–H groups in total. The summed E-state index contributed by atoms with van der Waals surface area (Å²) >= 11 is 4.05. The van der Waals surface area contributed by atoms with Gasteiger partial charge in [-0.15, -0.1) is 0 Å². The van der Waals surface area contributed by atoms with Gasteiger partial charge in [0.05, 0.1) is 11.6 Å². The van der Waals surface area contributed by atoms with E-state index in [2.05, 4.69) is 38.0 Å². The van der Waals surface area contributed by atoms with E-state index in [0.717, 1.165) is 11.9 Å². The minimum Gasteiger partial charge on any atom is -0.396 e. The molecule has 0 spiro atoms. The van der Waals surface area contributed by atoms with Crippen LogP contribution in [-0.4, -0.2) is 45.2 Å². The number of thiocarbonyl (C=S) groups is 1. The van der Waals surface area contributed by atoms with Gasteiger partial charge in [-0.25, -0.2) is 9.67 Å². The summed E-state index contributed by atoms with van der Waals surface area (Å²) in [4.78, 5) is 8.29. The Bertz CT molecular complexity index is 365. The summed E-state index contributed by atoms with van der Waals surface area (Å²) in [5.41, 5.74) is 5.62. The van der Waals surface area contributed by atoms with E-state index < -0.39 is 0 Å². The van der Waals surface area contributed by atoms with E-state index in [4.69, 9.17) is 10.1 Å². The molecule has 0 unspecified atom stereocenters. The third-order valence-corrected chi connectivity index (χ3v) is 1.44. The molecule has 0 saturated carbocycles. The fraction of sp³-hybridized carbons (Fsp3) is 0.444. The molecule has 0 aliphatic carbocycles. The van der Waals surface area contributed by atoms with Crippen LogP contribution < -0.4 is 5.73 Å². The SMILES string of the molecule is CC(C)OCC(=NOC=N)n1cncn1.NC=S. The van der Waals surface area contributed by atoms with Crippen molar-refractivity contribution >= 4 is 29.9 Å². The summed E-state index contributed by atoms with van der Waals surface area (Å²) in [6.07, 6.45) is 3.68. The lowest BCUT2D eigenvalue weighted by molar-refractivity contribution is 0.107. The molecule has 100 valence electrons. The third kappa shape index (κ3) is 7.41. The van der Waals surface area contributed by atoms with Crippen LogP contribution in [0.1, 0.15) is 13.8 Å². The van der Waals surface area contributed by atoms with E-state index in [9.17, 15) is 0 Å². The summed E-state index contributed by atoms with van der Waals surface area (Å²) < 4.78 is 6.77. The molecule has 0 aliphatic heterocycles. The average molecular weight is 272 g/mol. The van der Waals surface area contributed by atoms with E-state index in [1.165, 1.54) is 17.3 Å². The Balaban J connectivity index is 0.000000873. The first-order valence-corrected chi connectivity index (χ1v) is 5.46. The molecule has 8 nitrogen and oxygen atoms in total. The van der Waals surface area contributed by atoms with Gasteiger partial charge >= 0.3 is 0 Å². The zero-order valence-corrected chi connectivity index (χ0v) is 11.0. The van der Waals surface area contributed by atoms with Crippen LogP contribution in [0.5, 0.6) is 0 Å². The quantitative estimate of drug-likeness (QED) is 0.347. The van der Waals surface area contributed by atoms with Gasteiger partial charge in [-0.3, -0.25) is 5.41 Å². The van der Waals surface area contributed by atoms with Crippen molar-refractivity contribution in [1.29, 1.82) is 5.41 Å². The topological polar surface area (TPSA) is 111 Å². The van der Waals surface area contributed by atoms with E-state index in [-0.39, 0.29) is 12.7 Å². The molecule has 1 rings (SSSR count). The lowest BCUT2D eigenvalue weighted by atomic mass is 10.5. The normalized spacial score (nSPS) is 10.5. The van der Waals surface area contributed by atoms with Gasteiger partial charge in [0.15, 0.2) is 5.84 Å². The van der Waals surface area contributed by atoms with Crippen LogP contribution in [0.3, 0.4) is 0 Å². The summed E-state index contributed by atoms with van der Waals surface area (Å²) in [7, 11) is 0. The maximum Gasteiger partial charge on any atom is 0.204 e. The standard InChI is InChI=1S/C8H13N5O2.CH3NS/c1-7(2)14-3-8(12-15-4-9)13-6-10-5-11-13;2-1-3/h4-7,9H,3H2,1-2H3;1H,(H2,2,3). The second kappa shape index (κ2) is 10.3. The number of aromatic nitrogens is 3. The smallest absolute Gasteiger partial charge is 0.204 e. The molecule has 0 atom stereocenters. The highest BCUT2D eigenvalue weighted by Gasteiger charge is 2.06. The van der Waals surface area contributed by atoms with Crippen LogP contribution in [0.4, 0.5) is 0 Å². The Morgan fingerprint density at radius 1 is 1.67 bits per heavy atom. The number of nitrogens with one attached hydrogen (secondary N) is 1. The fourth-order valence-electron chi connectivity index (χ4n) is 0.804. The molecular weight excluding hydrogens is 256 g/mol. The molecule has 18 heavy (non-hydrogen) atoms. The highest BCUT2D eigenvalue weighted by molar-refractivity contribution is 7.78. The largest absolute Gasteiger partial charge is 0.396 e. The Morgan fingerprint density at radius 2 is 2.33 bits per heavy atom. The third-order valence-electron chi connectivity index (χ3n) is 1.44. The van der Waals surface area contributed by atoms with E-state index >= 15 is 0 Å². The number of hydrogen-bond acceptors (Lipinski definition) is 7. The zero-order chi connectivity index (χ0) is 13.8. The van der Waals surface area contributed by atoms with Crippen molar-refractivity contribution in [3.05, 3.63) is 12.7 Å². The first kappa shape index (κ1) is 16.1. The molecular formula is C9H16N6O2S. The van der Waals surface area contributed by atoms with Crippen molar-refractivity contribution in [3.63, 3.8) is 0 Å². The van der Waals surface area contributed by atoms with Crippen LogP contribution in [-0.2, 0) is 9.57 Å². The first-order valence-electron chi connectivity index (χ1n) is 4.99.